The fourth-order valence-electron chi connectivity index (χ4n) is 1.51. The molecule has 1 rings (SSSR count). The second-order valence-electron chi connectivity index (χ2n) is 5.14. The van der Waals surface area contributed by atoms with Crippen LogP contribution in [0.1, 0.15) is 32.4 Å². The molecule has 0 aliphatic heterocycles. The van der Waals surface area contributed by atoms with E-state index in [0.717, 1.165) is 4.47 Å². The molecule has 0 aliphatic carbocycles. The zero-order valence-electron chi connectivity index (χ0n) is 11.2. The van der Waals surface area contributed by atoms with Gasteiger partial charge < -0.3 is 20.9 Å². The number of phenolic OH excluding ortho intramolecular Hbond substituents is 1. The number of rotatable bonds is 3. The first-order chi connectivity index (χ1) is 8.73. The zero-order valence-corrected chi connectivity index (χ0v) is 12.8. The van der Waals surface area contributed by atoms with Crippen molar-refractivity contribution in [3.63, 3.8) is 0 Å². The van der Waals surface area contributed by atoms with Gasteiger partial charge in [-0.05, 0) is 44.5 Å². The van der Waals surface area contributed by atoms with Crippen LogP contribution in [0.5, 0.6) is 5.75 Å². The average Bonchev–Trinajstić information content (AvgIpc) is 2.27. The van der Waals surface area contributed by atoms with E-state index < -0.39 is 17.7 Å². The standard InChI is InChI=1S/C13H19BrN2O3/c1-13(2,3)19-12(18)16-11(7-15)9-6-8(17)4-5-10(9)14/h4-6,11,17H,7,15H2,1-3H3,(H,16,18). The van der Waals surface area contributed by atoms with Gasteiger partial charge in [-0.15, -0.1) is 0 Å². The van der Waals surface area contributed by atoms with Gasteiger partial charge in [0, 0.05) is 11.0 Å². The quantitative estimate of drug-likeness (QED) is 0.795. The Bertz CT molecular complexity index is 458. The number of amides is 1. The number of carbonyl (C=O) groups is 1. The van der Waals surface area contributed by atoms with E-state index in [4.69, 9.17) is 10.5 Å². The van der Waals surface area contributed by atoms with Crippen molar-refractivity contribution in [1.29, 1.82) is 0 Å². The summed E-state index contributed by atoms with van der Waals surface area (Å²) in [5, 5.41) is 12.2. The average molecular weight is 331 g/mol. The Balaban J connectivity index is 2.84. The number of alkyl carbamates (subject to hydrolysis) is 1. The zero-order chi connectivity index (χ0) is 14.6. The van der Waals surface area contributed by atoms with Gasteiger partial charge in [0.1, 0.15) is 11.4 Å². The van der Waals surface area contributed by atoms with Crippen LogP contribution in [-0.4, -0.2) is 23.3 Å². The second-order valence-corrected chi connectivity index (χ2v) is 5.99. The van der Waals surface area contributed by atoms with Crippen LogP contribution < -0.4 is 11.1 Å². The summed E-state index contributed by atoms with van der Waals surface area (Å²) in [5.74, 6) is 0.114. The van der Waals surface area contributed by atoms with Gasteiger partial charge in [0.25, 0.3) is 0 Å². The Labute approximate surface area is 121 Å². The lowest BCUT2D eigenvalue weighted by Crippen LogP contribution is -2.37. The van der Waals surface area contributed by atoms with Crippen LogP contribution in [0.2, 0.25) is 0 Å². The lowest BCUT2D eigenvalue weighted by molar-refractivity contribution is 0.0505. The Morgan fingerprint density at radius 3 is 2.68 bits per heavy atom. The van der Waals surface area contributed by atoms with Gasteiger partial charge in [0.2, 0.25) is 0 Å². The van der Waals surface area contributed by atoms with Gasteiger partial charge in [0.05, 0.1) is 6.04 Å². The third-order valence-corrected chi connectivity index (χ3v) is 3.00. The molecule has 1 unspecified atom stereocenters. The lowest BCUT2D eigenvalue weighted by atomic mass is 10.1. The summed E-state index contributed by atoms with van der Waals surface area (Å²) in [7, 11) is 0. The van der Waals surface area contributed by atoms with Crippen molar-refractivity contribution >= 4 is 22.0 Å². The molecule has 0 heterocycles. The van der Waals surface area contributed by atoms with Gasteiger partial charge in [0.15, 0.2) is 0 Å². The highest BCUT2D eigenvalue weighted by Gasteiger charge is 2.21. The van der Waals surface area contributed by atoms with E-state index in [0.29, 0.717) is 5.56 Å². The first-order valence-electron chi connectivity index (χ1n) is 5.91. The number of halogens is 1. The number of nitrogens with two attached hydrogens (primary N) is 1. The molecule has 106 valence electrons. The van der Waals surface area contributed by atoms with Crippen LogP contribution in [0.25, 0.3) is 0 Å². The molecule has 4 N–H and O–H groups in total. The molecule has 5 nitrogen and oxygen atoms in total. The van der Waals surface area contributed by atoms with Gasteiger partial charge in [-0.25, -0.2) is 4.79 Å². The summed E-state index contributed by atoms with van der Waals surface area (Å²) in [6.45, 7) is 5.55. The van der Waals surface area contributed by atoms with Gasteiger partial charge in [-0.3, -0.25) is 0 Å². The predicted molar refractivity (Wildman–Crippen MR) is 77.0 cm³/mol. The maximum atomic E-state index is 11.7. The van der Waals surface area contributed by atoms with Crippen LogP contribution in [0.3, 0.4) is 0 Å². The SMILES string of the molecule is CC(C)(C)OC(=O)NC(CN)c1cc(O)ccc1Br. The van der Waals surface area contributed by atoms with Crippen molar-refractivity contribution in [3.8, 4) is 5.75 Å². The van der Waals surface area contributed by atoms with Crippen LogP contribution in [-0.2, 0) is 4.74 Å². The van der Waals surface area contributed by atoms with Crippen molar-refractivity contribution in [2.24, 2.45) is 5.73 Å². The van der Waals surface area contributed by atoms with E-state index in [2.05, 4.69) is 21.2 Å². The first-order valence-corrected chi connectivity index (χ1v) is 6.70. The highest BCUT2D eigenvalue weighted by atomic mass is 79.9. The summed E-state index contributed by atoms with van der Waals surface area (Å²) >= 11 is 3.36. The predicted octanol–water partition coefficient (Wildman–Crippen LogP) is 2.68. The summed E-state index contributed by atoms with van der Waals surface area (Å²) in [6, 6.07) is 4.37. The van der Waals surface area contributed by atoms with Crippen molar-refractivity contribution < 1.29 is 14.6 Å². The lowest BCUT2D eigenvalue weighted by Gasteiger charge is -2.23. The minimum atomic E-state index is -0.570. The van der Waals surface area contributed by atoms with Crippen molar-refractivity contribution in [1.82, 2.24) is 5.32 Å². The monoisotopic (exact) mass is 330 g/mol. The van der Waals surface area contributed by atoms with E-state index in [1.54, 1.807) is 39.0 Å². The molecular weight excluding hydrogens is 312 g/mol. The van der Waals surface area contributed by atoms with Crippen LogP contribution in [0, 0.1) is 0 Å². The minimum absolute atomic E-state index is 0.114. The van der Waals surface area contributed by atoms with Gasteiger partial charge in [-0.1, -0.05) is 15.9 Å². The third kappa shape index (κ3) is 5.08. The Kier molecular flexibility index (Phi) is 5.20. The molecule has 1 aromatic rings. The first kappa shape index (κ1) is 15.8. The molecule has 0 radical (unpaired) electrons. The number of nitrogens with one attached hydrogen (secondary N) is 1. The minimum Gasteiger partial charge on any atom is -0.508 e. The van der Waals surface area contributed by atoms with Gasteiger partial charge in [-0.2, -0.15) is 0 Å². The smallest absolute Gasteiger partial charge is 0.408 e. The van der Waals surface area contributed by atoms with E-state index >= 15 is 0 Å². The van der Waals surface area contributed by atoms with Gasteiger partial charge >= 0.3 is 6.09 Å². The number of ether oxygens (including phenoxy) is 1. The third-order valence-electron chi connectivity index (χ3n) is 2.28. The number of phenols is 1. The van der Waals surface area contributed by atoms with Crippen molar-refractivity contribution in [3.05, 3.63) is 28.2 Å². The second kappa shape index (κ2) is 6.25. The molecule has 0 spiro atoms. The fourth-order valence-corrected chi connectivity index (χ4v) is 2.03. The maximum Gasteiger partial charge on any atom is 0.408 e. The largest absolute Gasteiger partial charge is 0.508 e. The fraction of sp³-hybridized carbons (Fsp3) is 0.462. The molecular formula is C13H19BrN2O3. The Hall–Kier alpha value is -1.27. The maximum absolute atomic E-state index is 11.7. The molecule has 0 saturated heterocycles. The van der Waals surface area contributed by atoms with E-state index in [9.17, 15) is 9.90 Å². The molecule has 0 fully saturated rings. The van der Waals surface area contributed by atoms with Crippen molar-refractivity contribution in [2.45, 2.75) is 32.4 Å². The summed E-state index contributed by atoms with van der Waals surface area (Å²) in [6.07, 6.45) is -0.543. The van der Waals surface area contributed by atoms with Crippen LogP contribution >= 0.6 is 15.9 Å². The molecule has 0 aromatic heterocycles. The highest BCUT2D eigenvalue weighted by Crippen LogP contribution is 2.27. The molecule has 1 aromatic carbocycles. The summed E-state index contributed by atoms with van der Waals surface area (Å²) < 4.78 is 5.94. The molecule has 0 saturated carbocycles. The number of benzene rings is 1. The number of carbonyl (C=O) groups excluding carboxylic acids is 1. The number of hydrogen-bond acceptors (Lipinski definition) is 4. The summed E-state index contributed by atoms with van der Waals surface area (Å²) in [4.78, 5) is 11.7. The van der Waals surface area contributed by atoms with E-state index in [1.807, 2.05) is 0 Å². The number of aromatic hydroxyl groups is 1. The van der Waals surface area contributed by atoms with Crippen LogP contribution in [0.4, 0.5) is 4.79 Å². The molecule has 6 heteroatoms. The Morgan fingerprint density at radius 1 is 1.53 bits per heavy atom. The van der Waals surface area contributed by atoms with Crippen molar-refractivity contribution in [2.75, 3.05) is 6.54 Å². The van der Waals surface area contributed by atoms with E-state index in [-0.39, 0.29) is 12.3 Å². The molecule has 19 heavy (non-hydrogen) atoms. The molecule has 1 atom stereocenters. The van der Waals surface area contributed by atoms with E-state index in [1.165, 1.54) is 0 Å². The normalized spacial score (nSPS) is 12.9. The molecule has 0 aliphatic rings. The molecule has 1 amide bonds. The molecule has 0 bridgehead atoms. The highest BCUT2D eigenvalue weighted by molar-refractivity contribution is 9.10. The Morgan fingerprint density at radius 2 is 2.16 bits per heavy atom. The topological polar surface area (TPSA) is 84.6 Å². The van der Waals surface area contributed by atoms with Crippen LogP contribution in [0.15, 0.2) is 22.7 Å². The number of hydrogen-bond donors (Lipinski definition) is 3. The summed E-state index contributed by atoms with van der Waals surface area (Å²) in [5.41, 5.74) is 5.80.